The van der Waals surface area contributed by atoms with Crippen LogP contribution in [0.3, 0.4) is 0 Å². The first kappa shape index (κ1) is 17.5. The van der Waals surface area contributed by atoms with Gasteiger partial charge in [-0.2, -0.15) is 10.2 Å². The molecule has 0 bridgehead atoms. The summed E-state index contributed by atoms with van der Waals surface area (Å²) >= 11 is 0. The Kier molecular flexibility index (Phi) is 4.09. The second-order valence-corrected chi connectivity index (χ2v) is 7.95. The summed E-state index contributed by atoms with van der Waals surface area (Å²) in [5, 5.41) is 14.4. The first-order chi connectivity index (χ1) is 12.8. The molecule has 1 aliphatic carbocycles. The van der Waals surface area contributed by atoms with E-state index in [9.17, 15) is 9.18 Å². The number of carbonyl (C=O) groups excluding carboxylic acids is 1. The molecule has 1 aromatic carbocycles. The molecule has 1 amide bonds. The highest BCUT2D eigenvalue weighted by Crippen LogP contribution is 2.41. The van der Waals surface area contributed by atoms with E-state index in [0.717, 1.165) is 29.8 Å². The molecule has 0 saturated carbocycles. The normalized spacial score (nSPS) is 18.1. The van der Waals surface area contributed by atoms with Gasteiger partial charge in [-0.25, -0.2) is 9.07 Å². The van der Waals surface area contributed by atoms with Crippen molar-refractivity contribution in [3.8, 4) is 5.69 Å². The Morgan fingerprint density at radius 3 is 2.89 bits per heavy atom. The number of halogens is 1. The summed E-state index contributed by atoms with van der Waals surface area (Å²) < 4.78 is 15.4. The van der Waals surface area contributed by atoms with Crippen LogP contribution in [-0.2, 0) is 6.42 Å². The van der Waals surface area contributed by atoms with E-state index < -0.39 is 0 Å². The number of fused-ring (bicyclic) bond motifs is 1. The van der Waals surface area contributed by atoms with Crippen molar-refractivity contribution in [2.24, 2.45) is 5.41 Å². The van der Waals surface area contributed by atoms with Gasteiger partial charge in [0.05, 0.1) is 23.6 Å². The standard InChI is InChI=1S/C20H22FN5O/c1-12-7-16(25-24-12)19(27)23-17-9-20(2,3)10-18-15(17)11-22-26(18)14-6-4-5-13(21)8-14/h4-8,11,17H,9-10H2,1-3H3,(H,23,27)(H,24,25)/t17-/m0/s1. The molecule has 1 atom stereocenters. The molecule has 2 N–H and O–H groups in total. The van der Waals surface area contributed by atoms with Crippen molar-refractivity contribution < 1.29 is 9.18 Å². The SMILES string of the molecule is Cc1cc(C(=O)N[C@H]2CC(C)(C)Cc3c2cnn3-c2cccc(F)c2)n[nH]1. The molecule has 2 aromatic heterocycles. The van der Waals surface area contributed by atoms with Crippen LogP contribution >= 0.6 is 0 Å². The minimum Gasteiger partial charge on any atom is -0.344 e. The van der Waals surface area contributed by atoms with Gasteiger partial charge in [0, 0.05) is 11.3 Å². The average molecular weight is 367 g/mol. The van der Waals surface area contributed by atoms with Crippen molar-refractivity contribution in [2.45, 2.75) is 39.7 Å². The summed E-state index contributed by atoms with van der Waals surface area (Å²) in [5.74, 6) is -0.517. The van der Waals surface area contributed by atoms with E-state index in [4.69, 9.17) is 0 Å². The zero-order valence-corrected chi connectivity index (χ0v) is 15.6. The molecule has 0 unspecified atom stereocenters. The minimum absolute atomic E-state index is 0.0302. The van der Waals surface area contributed by atoms with Crippen LogP contribution in [0.5, 0.6) is 0 Å². The van der Waals surface area contributed by atoms with E-state index in [0.29, 0.717) is 11.4 Å². The monoisotopic (exact) mass is 367 g/mol. The van der Waals surface area contributed by atoms with Gasteiger partial charge < -0.3 is 5.32 Å². The molecule has 7 heteroatoms. The van der Waals surface area contributed by atoms with Crippen molar-refractivity contribution in [1.82, 2.24) is 25.3 Å². The van der Waals surface area contributed by atoms with Gasteiger partial charge in [0.1, 0.15) is 11.5 Å². The third-order valence-electron chi connectivity index (χ3n) is 4.98. The molecule has 0 spiro atoms. The van der Waals surface area contributed by atoms with E-state index in [2.05, 4.69) is 34.5 Å². The predicted molar refractivity (Wildman–Crippen MR) is 99.2 cm³/mol. The quantitative estimate of drug-likeness (QED) is 0.744. The van der Waals surface area contributed by atoms with Gasteiger partial charge in [0.15, 0.2) is 0 Å². The van der Waals surface area contributed by atoms with Crippen molar-refractivity contribution in [2.75, 3.05) is 0 Å². The second kappa shape index (κ2) is 6.33. The van der Waals surface area contributed by atoms with Gasteiger partial charge in [0.25, 0.3) is 5.91 Å². The van der Waals surface area contributed by atoms with Crippen LogP contribution in [0.2, 0.25) is 0 Å². The molecule has 1 aliphatic rings. The number of nitrogens with zero attached hydrogens (tertiary/aromatic N) is 3. The predicted octanol–water partition coefficient (Wildman–Crippen LogP) is 3.49. The highest BCUT2D eigenvalue weighted by molar-refractivity contribution is 5.92. The molecule has 27 heavy (non-hydrogen) atoms. The maximum absolute atomic E-state index is 13.7. The molecule has 6 nitrogen and oxygen atoms in total. The Balaban J connectivity index is 1.69. The van der Waals surface area contributed by atoms with E-state index in [1.165, 1.54) is 12.1 Å². The van der Waals surface area contributed by atoms with Crippen molar-refractivity contribution in [3.05, 3.63) is 65.0 Å². The van der Waals surface area contributed by atoms with Crippen LogP contribution in [0.25, 0.3) is 5.69 Å². The largest absolute Gasteiger partial charge is 0.344 e. The van der Waals surface area contributed by atoms with Crippen LogP contribution in [0.15, 0.2) is 36.5 Å². The minimum atomic E-state index is -0.300. The van der Waals surface area contributed by atoms with Gasteiger partial charge in [-0.05, 0) is 49.4 Å². The number of hydrogen-bond acceptors (Lipinski definition) is 3. The van der Waals surface area contributed by atoms with Crippen LogP contribution in [0.1, 0.15) is 53.7 Å². The Hall–Kier alpha value is -2.96. The molecular weight excluding hydrogens is 345 g/mol. The lowest BCUT2D eigenvalue weighted by Crippen LogP contribution is -2.37. The highest BCUT2D eigenvalue weighted by atomic mass is 19.1. The molecular formula is C20H22FN5O. The number of aromatic amines is 1. The summed E-state index contributed by atoms with van der Waals surface area (Å²) in [7, 11) is 0. The van der Waals surface area contributed by atoms with Crippen LogP contribution in [0.4, 0.5) is 4.39 Å². The number of hydrogen-bond donors (Lipinski definition) is 2. The number of aryl methyl sites for hydroxylation is 1. The first-order valence-electron chi connectivity index (χ1n) is 8.98. The Morgan fingerprint density at radius 1 is 1.37 bits per heavy atom. The van der Waals surface area contributed by atoms with E-state index >= 15 is 0 Å². The van der Waals surface area contributed by atoms with Crippen LogP contribution in [0, 0.1) is 18.2 Å². The number of H-pyrrole nitrogens is 1. The first-order valence-corrected chi connectivity index (χ1v) is 8.98. The van der Waals surface area contributed by atoms with Gasteiger partial charge in [-0.15, -0.1) is 0 Å². The molecule has 4 rings (SSSR count). The van der Waals surface area contributed by atoms with E-state index in [-0.39, 0.29) is 23.2 Å². The van der Waals surface area contributed by atoms with Crippen molar-refractivity contribution in [3.63, 3.8) is 0 Å². The zero-order valence-electron chi connectivity index (χ0n) is 15.6. The smallest absolute Gasteiger partial charge is 0.272 e. The molecule has 2 heterocycles. The number of benzene rings is 1. The lowest BCUT2D eigenvalue weighted by atomic mass is 9.74. The van der Waals surface area contributed by atoms with Crippen LogP contribution in [-0.4, -0.2) is 25.9 Å². The molecule has 0 saturated heterocycles. The summed E-state index contributed by atoms with van der Waals surface area (Å²) in [5.41, 5.74) is 3.83. The fourth-order valence-corrected chi connectivity index (χ4v) is 3.77. The van der Waals surface area contributed by atoms with Crippen LogP contribution < -0.4 is 5.32 Å². The maximum Gasteiger partial charge on any atom is 0.272 e. The fourth-order valence-electron chi connectivity index (χ4n) is 3.77. The third kappa shape index (κ3) is 3.37. The molecule has 0 radical (unpaired) electrons. The topological polar surface area (TPSA) is 75.6 Å². The summed E-state index contributed by atoms with van der Waals surface area (Å²) in [6.45, 7) is 6.18. The highest BCUT2D eigenvalue weighted by Gasteiger charge is 2.36. The number of rotatable bonds is 3. The van der Waals surface area contributed by atoms with Gasteiger partial charge in [-0.1, -0.05) is 19.9 Å². The lowest BCUT2D eigenvalue weighted by molar-refractivity contribution is 0.0914. The number of amides is 1. The van der Waals surface area contributed by atoms with Gasteiger partial charge in [0.2, 0.25) is 0 Å². The Labute approximate surface area is 156 Å². The third-order valence-corrected chi connectivity index (χ3v) is 4.98. The summed E-state index contributed by atoms with van der Waals surface area (Å²) in [4.78, 5) is 12.6. The zero-order chi connectivity index (χ0) is 19.2. The summed E-state index contributed by atoms with van der Waals surface area (Å²) in [6, 6.07) is 7.94. The Bertz CT molecular complexity index is 1000. The second-order valence-electron chi connectivity index (χ2n) is 7.95. The maximum atomic E-state index is 13.7. The number of nitrogens with one attached hydrogen (secondary N) is 2. The van der Waals surface area contributed by atoms with Crippen molar-refractivity contribution >= 4 is 5.91 Å². The van der Waals surface area contributed by atoms with Crippen molar-refractivity contribution in [1.29, 1.82) is 0 Å². The van der Waals surface area contributed by atoms with E-state index in [1.807, 2.05) is 13.0 Å². The fraction of sp³-hybridized carbons (Fsp3) is 0.350. The summed E-state index contributed by atoms with van der Waals surface area (Å²) in [6.07, 6.45) is 3.37. The number of carbonyl (C=O) groups is 1. The van der Waals surface area contributed by atoms with Gasteiger partial charge in [-0.3, -0.25) is 9.89 Å². The molecule has 3 aromatic rings. The molecule has 0 fully saturated rings. The van der Waals surface area contributed by atoms with Gasteiger partial charge >= 0.3 is 0 Å². The average Bonchev–Trinajstić information content (AvgIpc) is 3.20. The lowest BCUT2D eigenvalue weighted by Gasteiger charge is -2.35. The van der Waals surface area contributed by atoms with E-state index in [1.54, 1.807) is 23.0 Å². The Morgan fingerprint density at radius 2 is 2.19 bits per heavy atom. The molecule has 0 aliphatic heterocycles. The molecule has 140 valence electrons. The number of aromatic nitrogens is 4.